The van der Waals surface area contributed by atoms with E-state index in [1.807, 2.05) is 34.9 Å². The molecule has 4 rings (SSSR count). The summed E-state index contributed by atoms with van der Waals surface area (Å²) in [6.07, 6.45) is 7.02. The first-order valence-electron chi connectivity index (χ1n) is 6.35. The number of H-pyrrole nitrogens is 1. The van der Waals surface area contributed by atoms with Gasteiger partial charge in [-0.2, -0.15) is 10.2 Å². The molecule has 0 unspecified atom stereocenters. The summed E-state index contributed by atoms with van der Waals surface area (Å²) >= 11 is 5.35. The molecule has 21 heavy (non-hydrogen) atoms. The number of nitrogens with one attached hydrogen (secondary N) is 1. The van der Waals surface area contributed by atoms with Gasteiger partial charge in [0.05, 0.1) is 23.5 Å². The second-order valence-electron chi connectivity index (χ2n) is 4.49. The van der Waals surface area contributed by atoms with E-state index in [4.69, 9.17) is 12.2 Å². The highest BCUT2D eigenvalue weighted by Crippen LogP contribution is 2.24. The third kappa shape index (κ3) is 1.86. The van der Waals surface area contributed by atoms with Crippen molar-refractivity contribution in [1.29, 1.82) is 0 Å². The van der Waals surface area contributed by atoms with Crippen molar-refractivity contribution in [2.24, 2.45) is 0 Å². The highest BCUT2D eigenvalue weighted by molar-refractivity contribution is 7.71. The Hall–Kier alpha value is -2.80. The predicted molar refractivity (Wildman–Crippen MR) is 80.7 cm³/mol. The maximum atomic E-state index is 5.35. The van der Waals surface area contributed by atoms with E-state index < -0.39 is 0 Å². The number of benzene rings is 1. The highest BCUT2D eigenvalue weighted by Gasteiger charge is 2.15. The summed E-state index contributed by atoms with van der Waals surface area (Å²) in [4.78, 5) is 4.15. The van der Waals surface area contributed by atoms with Gasteiger partial charge in [-0.25, -0.2) is 4.52 Å². The minimum absolute atomic E-state index is 0.541. The number of hydrogen-bond donors (Lipinski definition) is 1. The summed E-state index contributed by atoms with van der Waals surface area (Å²) in [7, 11) is 0. The molecule has 1 aromatic carbocycles. The van der Waals surface area contributed by atoms with Crippen molar-refractivity contribution in [3.63, 3.8) is 0 Å². The average molecular weight is 294 g/mol. The number of aromatic amines is 1. The van der Waals surface area contributed by atoms with Crippen LogP contribution in [0.2, 0.25) is 0 Å². The molecule has 0 radical (unpaired) electrons. The normalized spacial score (nSPS) is 11.0. The van der Waals surface area contributed by atoms with Crippen LogP contribution in [0.3, 0.4) is 0 Å². The quantitative estimate of drug-likeness (QED) is 0.577. The van der Waals surface area contributed by atoms with Crippen molar-refractivity contribution in [3.05, 3.63) is 59.9 Å². The van der Waals surface area contributed by atoms with E-state index in [1.165, 1.54) is 0 Å². The predicted octanol–water partition coefficient (Wildman–Crippen LogP) is 2.64. The zero-order valence-electron chi connectivity index (χ0n) is 10.8. The zero-order chi connectivity index (χ0) is 14.2. The minimum atomic E-state index is 0.541. The molecule has 0 aliphatic rings. The molecule has 0 fully saturated rings. The molecule has 0 spiro atoms. The van der Waals surface area contributed by atoms with Crippen LogP contribution in [-0.2, 0) is 0 Å². The highest BCUT2D eigenvalue weighted by atomic mass is 32.1. The number of hydrogen-bond acceptors (Lipinski definition) is 4. The Balaban J connectivity index is 2.01. The van der Waals surface area contributed by atoms with Crippen molar-refractivity contribution in [3.8, 4) is 17.1 Å². The van der Waals surface area contributed by atoms with E-state index >= 15 is 0 Å². The van der Waals surface area contributed by atoms with Crippen LogP contribution in [0.1, 0.15) is 0 Å². The third-order valence-corrected chi connectivity index (χ3v) is 3.53. The molecular formula is C14H10N6S. The monoisotopic (exact) mass is 294 g/mol. The van der Waals surface area contributed by atoms with Crippen LogP contribution in [0.25, 0.3) is 22.6 Å². The van der Waals surface area contributed by atoms with Crippen molar-refractivity contribution in [2.45, 2.75) is 0 Å². The molecular weight excluding hydrogens is 284 g/mol. The maximum Gasteiger partial charge on any atom is 0.200 e. The first-order chi connectivity index (χ1) is 10.3. The lowest BCUT2D eigenvalue weighted by atomic mass is 10.2. The Kier molecular flexibility index (Phi) is 2.65. The summed E-state index contributed by atoms with van der Waals surface area (Å²) < 4.78 is 4.19. The third-order valence-electron chi connectivity index (χ3n) is 3.25. The zero-order valence-corrected chi connectivity index (χ0v) is 11.7. The van der Waals surface area contributed by atoms with E-state index in [1.54, 1.807) is 29.3 Å². The van der Waals surface area contributed by atoms with Crippen molar-refractivity contribution in [2.75, 3.05) is 0 Å². The maximum absolute atomic E-state index is 5.35. The number of fused-ring (bicyclic) bond motifs is 1. The van der Waals surface area contributed by atoms with Gasteiger partial charge in [-0.3, -0.25) is 14.6 Å². The first-order valence-corrected chi connectivity index (χ1v) is 6.76. The Bertz CT molecular complexity index is 966. The van der Waals surface area contributed by atoms with Crippen LogP contribution >= 0.6 is 12.2 Å². The van der Waals surface area contributed by atoms with Gasteiger partial charge in [-0.05, 0) is 24.4 Å². The van der Waals surface area contributed by atoms with Crippen LogP contribution < -0.4 is 0 Å². The fourth-order valence-electron chi connectivity index (χ4n) is 2.30. The van der Waals surface area contributed by atoms with E-state index in [0.717, 1.165) is 16.8 Å². The summed E-state index contributed by atoms with van der Waals surface area (Å²) in [5, 5.41) is 11.5. The lowest BCUT2D eigenvalue weighted by Gasteiger charge is -2.05. The van der Waals surface area contributed by atoms with Crippen molar-refractivity contribution in [1.82, 2.24) is 29.4 Å². The average Bonchev–Trinajstić information content (AvgIpc) is 3.11. The van der Waals surface area contributed by atoms with Gasteiger partial charge in [-0.1, -0.05) is 18.2 Å². The molecule has 0 saturated carbocycles. The largest absolute Gasteiger partial charge is 0.268 e. The van der Waals surface area contributed by atoms with E-state index in [2.05, 4.69) is 20.3 Å². The number of nitrogens with zero attached hydrogens (tertiary/aromatic N) is 5. The van der Waals surface area contributed by atoms with Gasteiger partial charge in [0, 0.05) is 18.1 Å². The summed E-state index contributed by atoms with van der Waals surface area (Å²) in [5.74, 6) is 0.717. The van der Waals surface area contributed by atoms with Crippen LogP contribution in [0.5, 0.6) is 0 Å². The number of aromatic nitrogens is 6. The SMILES string of the molecule is S=c1[nH]nc(-c2cnn3ccncc23)n1-c1ccccc1. The first kappa shape index (κ1) is 12.0. The Morgan fingerprint density at radius 1 is 1.10 bits per heavy atom. The van der Waals surface area contributed by atoms with Crippen LogP contribution in [0, 0.1) is 4.77 Å². The van der Waals surface area contributed by atoms with Crippen molar-refractivity contribution < 1.29 is 0 Å². The van der Waals surface area contributed by atoms with Gasteiger partial charge in [0.25, 0.3) is 0 Å². The molecule has 3 heterocycles. The lowest BCUT2D eigenvalue weighted by Crippen LogP contribution is -1.97. The Morgan fingerprint density at radius 3 is 2.81 bits per heavy atom. The topological polar surface area (TPSA) is 63.8 Å². The van der Waals surface area contributed by atoms with Gasteiger partial charge in [0.2, 0.25) is 0 Å². The smallest absolute Gasteiger partial charge is 0.200 e. The fraction of sp³-hybridized carbons (Fsp3) is 0. The minimum Gasteiger partial charge on any atom is -0.268 e. The molecule has 0 atom stereocenters. The van der Waals surface area contributed by atoms with Crippen LogP contribution in [0.15, 0.2) is 55.1 Å². The Morgan fingerprint density at radius 2 is 1.95 bits per heavy atom. The Labute approximate surface area is 124 Å². The molecule has 3 aromatic heterocycles. The molecule has 0 aliphatic heterocycles. The molecule has 7 heteroatoms. The molecule has 0 saturated heterocycles. The van der Waals surface area contributed by atoms with Gasteiger partial charge < -0.3 is 0 Å². The molecule has 1 N–H and O–H groups in total. The van der Waals surface area contributed by atoms with Gasteiger partial charge in [0.15, 0.2) is 10.6 Å². The van der Waals surface area contributed by atoms with Gasteiger partial charge in [0.1, 0.15) is 0 Å². The second kappa shape index (κ2) is 4.64. The standard InChI is InChI=1S/C14H10N6S/c21-14-18-17-13(20(14)10-4-2-1-3-5-10)11-8-16-19-7-6-15-9-12(11)19/h1-9H,(H,18,21). The van der Waals surface area contributed by atoms with E-state index in [-0.39, 0.29) is 0 Å². The molecule has 4 aromatic rings. The molecule has 0 bridgehead atoms. The number of rotatable bonds is 2. The number of para-hydroxylation sites is 1. The lowest BCUT2D eigenvalue weighted by molar-refractivity contribution is 0.946. The fourth-order valence-corrected chi connectivity index (χ4v) is 2.54. The summed E-state index contributed by atoms with van der Waals surface area (Å²) in [6.45, 7) is 0. The van der Waals surface area contributed by atoms with E-state index in [9.17, 15) is 0 Å². The van der Waals surface area contributed by atoms with Crippen LogP contribution in [0.4, 0.5) is 0 Å². The van der Waals surface area contributed by atoms with Crippen molar-refractivity contribution >= 4 is 17.7 Å². The summed E-state index contributed by atoms with van der Waals surface area (Å²) in [5.41, 5.74) is 2.71. The van der Waals surface area contributed by atoms with Gasteiger partial charge >= 0.3 is 0 Å². The molecule has 0 amide bonds. The van der Waals surface area contributed by atoms with E-state index in [0.29, 0.717) is 10.6 Å². The molecule has 0 aliphatic carbocycles. The van der Waals surface area contributed by atoms with Crippen LogP contribution in [-0.4, -0.2) is 29.4 Å². The molecule has 6 nitrogen and oxygen atoms in total. The molecule has 102 valence electrons. The summed E-state index contributed by atoms with van der Waals surface area (Å²) in [6, 6.07) is 9.86. The van der Waals surface area contributed by atoms with Gasteiger partial charge in [-0.15, -0.1) is 0 Å². The second-order valence-corrected chi connectivity index (χ2v) is 4.87.